The molecule has 582 valence electrons. The van der Waals surface area contributed by atoms with E-state index in [1.807, 2.05) is 0 Å². The number of primary amides is 2. The van der Waals surface area contributed by atoms with Gasteiger partial charge in [-0.25, -0.2) is 4.98 Å². The lowest BCUT2D eigenvalue weighted by Crippen LogP contribution is -2.62. The summed E-state index contributed by atoms with van der Waals surface area (Å²) in [6.45, 7) is 2.28. The highest BCUT2D eigenvalue weighted by molar-refractivity contribution is 8.76. The van der Waals surface area contributed by atoms with E-state index in [0.717, 1.165) is 33.3 Å². The van der Waals surface area contributed by atoms with Crippen molar-refractivity contribution in [2.24, 2.45) is 22.9 Å². The lowest BCUT2D eigenvalue weighted by atomic mass is 10.00. The highest BCUT2D eigenvalue weighted by Crippen LogP contribution is 2.26. The van der Waals surface area contributed by atoms with Crippen LogP contribution in [-0.2, 0) is 94.4 Å². The maximum Gasteiger partial charge on any atom is 0.244 e. The summed E-state index contributed by atoms with van der Waals surface area (Å²) in [7, 11) is 1.79. The number of aromatic nitrogens is 3. The Labute approximate surface area is 638 Å². The van der Waals surface area contributed by atoms with Crippen molar-refractivity contribution >= 4 is 127 Å². The largest absolute Gasteiger partial charge is 0.508 e. The van der Waals surface area contributed by atoms with Gasteiger partial charge in [-0.3, -0.25) is 67.7 Å². The van der Waals surface area contributed by atoms with Gasteiger partial charge in [-0.15, -0.1) is 11.8 Å². The molecule has 4 aromatic carbocycles. The number of hydrogen-bond donors (Lipinski definition) is 20. The zero-order valence-electron chi connectivity index (χ0n) is 59.5. The van der Waals surface area contributed by atoms with Crippen LogP contribution in [-0.4, -0.2) is 221 Å². The number of H-pyrrole nitrogens is 2. The third kappa shape index (κ3) is 25.7. The van der Waals surface area contributed by atoms with Crippen LogP contribution in [0.15, 0.2) is 122 Å². The molecular formula is C71H90N20O15S3. The number of thioether (sulfide) groups is 1. The molecule has 6 aromatic rings. The second kappa shape index (κ2) is 40.5. The van der Waals surface area contributed by atoms with Gasteiger partial charge in [0.1, 0.15) is 71.9 Å². The number of nitrogens with one attached hydrogen (secondary N) is 14. The first-order valence-electron chi connectivity index (χ1n) is 34.8. The first kappa shape index (κ1) is 83.3. The van der Waals surface area contributed by atoms with Gasteiger partial charge in [0.2, 0.25) is 76.8 Å². The van der Waals surface area contributed by atoms with Crippen molar-refractivity contribution in [3.8, 4) is 11.5 Å². The number of imidazole rings is 1. The SMILES string of the molecule is C[C@@H]1NC(=O)[C@H](Cc2c[nH]cn2)NC(=O)[C@@H](NC(=O)[C@@H](N)Cc2ccc(O)cc2)CSSC[C@@H](C(=O)N[C@@H](Cc2ccc(O)cc2)C(N)=O)NC(=O)[C@H](Cc2ccccc2)NC(=O)[C@H](C)NC(=O)[C@H](CC(N)=O)NC(=O)[C@H](Cc2c[nH]c3ccccc23)N2C[C@H](CCCNC(=N)N)NC(=O)[C@@H](CSCC2=O)NC1=O. The molecule has 3 fully saturated rings. The minimum absolute atomic E-state index is 0.0527. The molecule has 3 aliphatic rings. The number of hydrogen-bond acceptors (Lipinski definition) is 21. The zero-order valence-corrected chi connectivity index (χ0v) is 62.0. The lowest BCUT2D eigenvalue weighted by Gasteiger charge is -2.36. The molecule has 24 N–H and O–H groups in total. The van der Waals surface area contributed by atoms with Gasteiger partial charge in [0, 0.05) is 85.4 Å². The number of aromatic amines is 2. The predicted molar refractivity (Wildman–Crippen MR) is 407 cm³/mol. The van der Waals surface area contributed by atoms with Crippen LogP contribution >= 0.6 is 33.3 Å². The van der Waals surface area contributed by atoms with Crippen LogP contribution in [0.1, 0.15) is 61.1 Å². The second-order valence-electron chi connectivity index (χ2n) is 26.2. The van der Waals surface area contributed by atoms with E-state index in [0.29, 0.717) is 33.2 Å². The molecule has 12 atom stereocenters. The van der Waals surface area contributed by atoms with Crippen LogP contribution in [0.25, 0.3) is 10.9 Å². The second-order valence-corrected chi connectivity index (χ2v) is 29.7. The summed E-state index contributed by atoms with van der Waals surface area (Å²) in [5.41, 5.74) is 26.6. The molecule has 5 heterocycles. The van der Waals surface area contributed by atoms with E-state index >= 15 is 14.4 Å². The summed E-state index contributed by atoms with van der Waals surface area (Å²) < 4.78 is 0. The van der Waals surface area contributed by atoms with Gasteiger partial charge in [0.05, 0.1) is 30.2 Å². The molecule has 0 radical (unpaired) electrons. The Morgan fingerprint density at radius 2 is 1.24 bits per heavy atom. The number of amides is 13. The maximum absolute atomic E-state index is 15.3. The Morgan fingerprint density at radius 3 is 1.89 bits per heavy atom. The van der Waals surface area contributed by atoms with Crippen molar-refractivity contribution in [3.05, 3.63) is 150 Å². The Hall–Kier alpha value is -11.4. The van der Waals surface area contributed by atoms with E-state index in [2.05, 4.69) is 73.4 Å². The first-order valence-corrected chi connectivity index (χ1v) is 38.4. The molecule has 3 aliphatic heterocycles. The smallest absolute Gasteiger partial charge is 0.244 e. The minimum atomic E-state index is -1.83. The summed E-state index contributed by atoms with van der Waals surface area (Å²) >= 11 is 0.915. The van der Waals surface area contributed by atoms with Crippen LogP contribution in [0, 0.1) is 5.41 Å². The Kier molecular flexibility index (Phi) is 31.0. The van der Waals surface area contributed by atoms with Gasteiger partial charge in [-0.05, 0) is 85.7 Å². The highest BCUT2D eigenvalue weighted by atomic mass is 33.1. The van der Waals surface area contributed by atoms with E-state index in [1.165, 1.54) is 79.8 Å². The fourth-order valence-corrected chi connectivity index (χ4v) is 15.0. The maximum atomic E-state index is 15.3. The number of carbonyl (C=O) groups excluding carboxylic acids is 13. The molecule has 13 amide bonds. The van der Waals surface area contributed by atoms with Crippen LogP contribution in [0.5, 0.6) is 11.5 Å². The van der Waals surface area contributed by atoms with Crippen molar-refractivity contribution in [1.29, 1.82) is 5.41 Å². The quantitative estimate of drug-likeness (QED) is 0.0112. The number of rotatable bonds is 21. The lowest BCUT2D eigenvalue weighted by molar-refractivity contribution is -0.141. The van der Waals surface area contributed by atoms with Gasteiger partial charge >= 0.3 is 0 Å². The van der Waals surface area contributed by atoms with Gasteiger partial charge < -0.3 is 107 Å². The number of para-hydroxylation sites is 1. The van der Waals surface area contributed by atoms with E-state index in [-0.39, 0.29) is 91.9 Å². The van der Waals surface area contributed by atoms with Gasteiger partial charge in [0.25, 0.3) is 0 Å². The van der Waals surface area contributed by atoms with E-state index < -0.39 is 168 Å². The molecule has 0 saturated carbocycles. The third-order valence-electron chi connectivity index (χ3n) is 17.7. The zero-order chi connectivity index (χ0) is 78.8. The number of nitrogens with two attached hydrogens (primary N) is 4. The Morgan fingerprint density at radius 1 is 0.633 bits per heavy atom. The Bertz CT molecular complexity index is 4220. The van der Waals surface area contributed by atoms with Gasteiger partial charge in [-0.1, -0.05) is 94.4 Å². The average Bonchev–Trinajstić information content (AvgIpc) is 1.74. The molecule has 9 rings (SSSR count). The molecular weight excluding hydrogens is 1470 g/mol. The van der Waals surface area contributed by atoms with Crippen molar-refractivity contribution in [3.63, 3.8) is 0 Å². The number of carbonyl (C=O) groups is 13. The van der Waals surface area contributed by atoms with E-state index in [9.17, 15) is 58.2 Å². The highest BCUT2D eigenvalue weighted by Gasteiger charge is 2.40. The fraction of sp³-hybridized carbons (Fsp3) is 0.394. The molecule has 38 heteroatoms. The van der Waals surface area contributed by atoms with Crippen LogP contribution in [0.2, 0.25) is 0 Å². The van der Waals surface area contributed by atoms with E-state index in [4.69, 9.17) is 28.3 Å². The Balaban J connectivity index is 1.18. The van der Waals surface area contributed by atoms with Crippen molar-refractivity contribution in [2.45, 2.75) is 138 Å². The number of benzene rings is 4. The van der Waals surface area contributed by atoms with Crippen molar-refractivity contribution in [2.75, 3.05) is 36.1 Å². The average molecular weight is 1560 g/mol. The third-order valence-corrected chi connectivity index (χ3v) is 21.1. The summed E-state index contributed by atoms with van der Waals surface area (Å²) in [5, 5.41) is 57.5. The van der Waals surface area contributed by atoms with Crippen LogP contribution in [0.4, 0.5) is 0 Å². The summed E-state index contributed by atoms with van der Waals surface area (Å²) in [6.07, 6.45) is 2.77. The van der Waals surface area contributed by atoms with Crippen LogP contribution in [0.3, 0.4) is 0 Å². The molecule has 2 bridgehead atoms. The van der Waals surface area contributed by atoms with Gasteiger partial charge in [-0.2, -0.15) is 0 Å². The number of fused-ring (bicyclic) bond motifs is 32. The molecule has 2 aromatic heterocycles. The predicted octanol–water partition coefficient (Wildman–Crippen LogP) is -3.01. The summed E-state index contributed by atoms with van der Waals surface area (Å²) in [6, 6.07) is 9.10. The number of nitrogens with zero attached hydrogens (tertiary/aromatic N) is 2. The van der Waals surface area contributed by atoms with Crippen molar-refractivity contribution < 1.29 is 72.5 Å². The standard InChI is InChI=1S/C71H90N20O15S3/c1-37-61(97)85-51(25-39-9-4-3-5-10-39)66(102)90-56(68(104)84-50(60(74)96)24-41-16-20-46(93)21-17-41)34-109-108-33-55(89-63(99)48(72)23-40-14-18-45(92)19-15-40)69(105)86-52(27-44-30-77-36-80-44)64(100)81-38(2)62(98)88-54-32-107-35-59(95)91(31-43(83-67(54)103)11-8-22-78-71(75)76)57(26-42-29-79-49-13-7-6-12-47(42)49)70(106)87-53(28-58(73)94)65(101)82-37/h3-7,9-10,12-21,29-30,36-38,43,48,50-57,79,92-93H,8,11,22-28,31-35,72H2,1-2H3,(H2,73,94)(H2,74,96)(H,77,80)(H,81,100)(H,82,101)(H,83,103)(H,84,104)(H,85,97)(H,86,105)(H,87,106)(H,88,98)(H,89,99)(H,90,102)(H4,75,76,78)/t37-,38-,43-,48-,50-,51-,52-,53-,54+,55-,56-,57-/m0/s1. The minimum Gasteiger partial charge on any atom is -0.508 e. The number of aromatic hydroxyl groups is 2. The molecule has 0 aliphatic carbocycles. The summed E-state index contributed by atoms with van der Waals surface area (Å²) in [5.74, 6) is -14.1. The molecule has 0 spiro atoms. The monoisotopic (exact) mass is 1560 g/mol. The molecule has 3 saturated heterocycles. The van der Waals surface area contributed by atoms with Gasteiger partial charge in [0.15, 0.2) is 5.96 Å². The van der Waals surface area contributed by atoms with Crippen LogP contribution < -0.4 is 81.4 Å². The van der Waals surface area contributed by atoms with Crippen molar-refractivity contribution in [1.82, 2.24) is 78.3 Å². The number of phenolic OH excluding ortho intramolecular Hbond substituents is 2. The van der Waals surface area contributed by atoms with E-state index in [1.54, 1.807) is 60.8 Å². The number of guanidine groups is 1. The fourth-order valence-electron chi connectivity index (χ4n) is 11.8. The molecule has 0 unspecified atom stereocenters. The topological polar surface area (TPSA) is 570 Å². The number of phenols is 2. The normalized spacial score (nSPS) is 22.8. The molecule has 109 heavy (non-hydrogen) atoms. The first-order chi connectivity index (χ1) is 52.1. The summed E-state index contributed by atoms with van der Waals surface area (Å²) in [4.78, 5) is 199. The molecule has 35 nitrogen and oxygen atoms in total.